The Morgan fingerprint density at radius 3 is 2.56 bits per heavy atom. The van der Waals surface area contributed by atoms with E-state index in [4.69, 9.17) is 9.47 Å². The van der Waals surface area contributed by atoms with Crippen molar-refractivity contribution in [3.63, 3.8) is 0 Å². The zero-order valence-electron chi connectivity index (χ0n) is 19.4. The van der Waals surface area contributed by atoms with Crippen LogP contribution in [-0.2, 0) is 17.8 Å². The summed E-state index contributed by atoms with van der Waals surface area (Å²) >= 11 is 0. The summed E-state index contributed by atoms with van der Waals surface area (Å²) < 4.78 is 27.1. The van der Waals surface area contributed by atoms with Gasteiger partial charge in [0, 0.05) is 24.4 Å². The maximum absolute atomic E-state index is 15.1. The fourth-order valence-corrected chi connectivity index (χ4v) is 3.54. The molecule has 1 N–H and O–H groups in total. The molecule has 0 aliphatic heterocycles. The molecule has 2 heterocycles. The molecule has 2 aromatic carbocycles. The minimum absolute atomic E-state index is 0.0189. The number of carbonyl (C=O) groups is 1. The predicted molar refractivity (Wildman–Crippen MR) is 125 cm³/mol. The Hall–Kier alpha value is -4.08. The van der Waals surface area contributed by atoms with Gasteiger partial charge in [0.1, 0.15) is 18.7 Å². The number of hydrogen-bond acceptors (Lipinski definition) is 8. The monoisotopic (exact) mass is 464 g/mol. The van der Waals surface area contributed by atoms with Crippen LogP contribution in [0.3, 0.4) is 0 Å². The number of carbonyl (C=O) groups excluding carboxylic acids is 1. The Bertz CT molecular complexity index is 1320. The summed E-state index contributed by atoms with van der Waals surface area (Å²) in [6, 6.07) is 8.89. The van der Waals surface area contributed by atoms with Crippen molar-refractivity contribution in [1.82, 2.24) is 25.0 Å². The first kappa shape index (κ1) is 23.1. The van der Waals surface area contributed by atoms with E-state index in [9.17, 15) is 4.79 Å². The number of rotatable bonds is 9. The maximum atomic E-state index is 15.1. The highest BCUT2D eigenvalue weighted by atomic mass is 19.1. The predicted octanol–water partition coefficient (Wildman–Crippen LogP) is 4.06. The molecule has 9 nitrogen and oxygen atoms in total. The van der Waals surface area contributed by atoms with E-state index < -0.39 is 5.82 Å². The van der Waals surface area contributed by atoms with Gasteiger partial charge in [0.25, 0.3) is 0 Å². The third-order valence-electron chi connectivity index (χ3n) is 5.32. The Balaban J connectivity index is 1.49. The highest BCUT2D eigenvalue weighted by Gasteiger charge is 2.19. The van der Waals surface area contributed by atoms with Gasteiger partial charge in [0.05, 0.1) is 30.8 Å². The van der Waals surface area contributed by atoms with E-state index in [0.29, 0.717) is 17.0 Å². The summed E-state index contributed by atoms with van der Waals surface area (Å²) in [6.07, 6.45) is 3.41. The number of methoxy groups -OCH3 is 2. The summed E-state index contributed by atoms with van der Waals surface area (Å²) in [5.41, 5.74) is 2.77. The van der Waals surface area contributed by atoms with Crippen LogP contribution >= 0.6 is 0 Å². The van der Waals surface area contributed by atoms with E-state index in [-0.39, 0.29) is 41.6 Å². The van der Waals surface area contributed by atoms with Crippen molar-refractivity contribution >= 4 is 28.2 Å². The molecular formula is C24H25FN6O3. The van der Waals surface area contributed by atoms with Crippen molar-refractivity contribution < 1.29 is 18.7 Å². The van der Waals surface area contributed by atoms with E-state index in [1.54, 1.807) is 16.9 Å². The molecule has 0 spiro atoms. The van der Waals surface area contributed by atoms with Crippen molar-refractivity contribution in [3.8, 4) is 11.5 Å². The molecule has 0 unspecified atom stereocenters. The Morgan fingerprint density at radius 1 is 1.15 bits per heavy atom. The molecular weight excluding hydrogens is 439 g/mol. The minimum atomic E-state index is -0.615. The normalized spacial score (nSPS) is 11.1. The number of aromatic nitrogens is 5. The SMILES string of the molecule is COc1cc2ncnc(Nc3ccc(CC(=O)Cn4cc(C(C)C)nn4)cc3)c2c(F)c1OC. The lowest BCUT2D eigenvalue weighted by molar-refractivity contribution is -0.119. The average Bonchev–Trinajstić information content (AvgIpc) is 3.29. The van der Waals surface area contributed by atoms with E-state index in [0.717, 1.165) is 11.3 Å². The van der Waals surface area contributed by atoms with Gasteiger partial charge >= 0.3 is 0 Å². The second-order valence-electron chi connectivity index (χ2n) is 8.08. The molecule has 34 heavy (non-hydrogen) atoms. The molecule has 0 aliphatic rings. The number of benzene rings is 2. The standard InChI is InChI=1S/C24H25FN6O3/c1-14(2)19-12-31(30-29-19)11-17(32)9-15-5-7-16(8-6-15)28-24-21-18(26-13-27-24)10-20(33-3)23(34-4)22(21)25/h5-8,10,12-14H,9,11H2,1-4H3,(H,26,27,28). The fourth-order valence-electron chi connectivity index (χ4n) is 3.54. The van der Waals surface area contributed by atoms with Gasteiger partial charge < -0.3 is 14.8 Å². The van der Waals surface area contributed by atoms with Crippen LogP contribution in [0.2, 0.25) is 0 Å². The summed E-state index contributed by atoms with van der Waals surface area (Å²) in [7, 11) is 2.81. The van der Waals surface area contributed by atoms with Gasteiger partial charge in [0.2, 0.25) is 0 Å². The van der Waals surface area contributed by atoms with Crippen molar-refractivity contribution in [3.05, 3.63) is 59.9 Å². The lowest BCUT2D eigenvalue weighted by Gasteiger charge is -2.13. The van der Waals surface area contributed by atoms with Gasteiger partial charge in [-0.15, -0.1) is 5.10 Å². The Labute approximate surface area is 195 Å². The van der Waals surface area contributed by atoms with Crippen LogP contribution in [0.15, 0.2) is 42.9 Å². The number of anilines is 2. The van der Waals surface area contributed by atoms with Gasteiger partial charge in [-0.2, -0.15) is 0 Å². The third-order valence-corrected chi connectivity index (χ3v) is 5.32. The Kier molecular flexibility index (Phi) is 6.67. The zero-order valence-corrected chi connectivity index (χ0v) is 19.4. The molecule has 2 aromatic heterocycles. The number of ketones is 1. The quantitative estimate of drug-likeness (QED) is 0.396. The van der Waals surface area contributed by atoms with Crippen molar-refractivity contribution in [2.75, 3.05) is 19.5 Å². The highest BCUT2D eigenvalue weighted by Crippen LogP contribution is 2.38. The minimum Gasteiger partial charge on any atom is -0.493 e. The average molecular weight is 465 g/mol. The number of fused-ring (bicyclic) bond motifs is 1. The second-order valence-corrected chi connectivity index (χ2v) is 8.08. The molecule has 0 radical (unpaired) electrons. The lowest BCUT2D eigenvalue weighted by Crippen LogP contribution is -2.13. The van der Waals surface area contributed by atoms with Gasteiger partial charge in [-0.05, 0) is 23.6 Å². The summed E-state index contributed by atoms with van der Waals surface area (Å²) in [5, 5.41) is 11.4. The maximum Gasteiger partial charge on any atom is 0.197 e. The van der Waals surface area contributed by atoms with Crippen molar-refractivity contribution in [2.45, 2.75) is 32.7 Å². The van der Waals surface area contributed by atoms with Crippen LogP contribution in [0.5, 0.6) is 11.5 Å². The van der Waals surface area contributed by atoms with Gasteiger partial charge in [-0.25, -0.2) is 19.0 Å². The number of halogens is 1. The van der Waals surface area contributed by atoms with Crippen molar-refractivity contribution in [1.29, 1.82) is 0 Å². The van der Waals surface area contributed by atoms with Gasteiger partial charge in [-0.3, -0.25) is 4.79 Å². The first-order valence-electron chi connectivity index (χ1n) is 10.7. The fraction of sp³-hybridized carbons (Fsp3) is 0.292. The van der Waals surface area contributed by atoms with Crippen LogP contribution in [0.4, 0.5) is 15.9 Å². The molecule has 0 saturated heterocycles. The summed E-state index contributed by atoms with van der Waals surface area (Å²) in [4.78, 5) is 20.8. The van der Waals surface area contributed by atoms with E-state index >= 15 is 4.39 Å². The largest absolute Gasteiger partial charge is 0.493 e. The first-order valence-corrected chi connectivity index (χ1v) is 10.7. The van der Waals surface area contributed by atoms with Crippen LogP contribution in [0.25, 0.3) is 10.9 Å². The molecule has 0 bridgehead atoms. The highest BCUT2D eigenvalue weighted by molar-refractivity contribution is 5.93. The number of hydrogen-bond donors (Lipinski definition) is 1. The van der Waals surface area contributed by atoms with E-state index in [2.05, 4.69) is 25.6 Å². The van der Waals surface area contributed by atoms with Gasteiger partial charge in [0.15, 0.2) is 23.1 Å². The third kappa shape index (κ3) is 4.80. The second kappa shape index (κ2) is 9.82. The molecule has 0 fully saturated rings. The summed E-state index contributed by atoms with van der Waals surface area (Å²) in [5.74, 6) is 0.181. The molecule has 10 heteroatoms. The number of ether oxygens (including phenoxy) is 2. The van der Waals surface area contributed by atoms with Gasteiger partial charge in [-0.1, -0.05) is 31.2 Å². The molecule has 0 aliphatic carbocycles. The number of nitrogens with zero attached hydrogens (tertiary/aromatic N) is 5. The van der Waals surface area contributed by atoms with E-state index in [1.807, 2.05) is 38.1 Å². The smallest absolute Gasteiger partial charge is 0.197 e. The zero-order chi connectivity index (χ0) is 24.2. The molecule has 4 rings (SSSR count). The molecule has 0 atom stereocenters. The molecule has 176 valence electrons. The van der Waals surface area contributed by atoms with Crippen LogP contribution < -0.4 is 14.8 Å². The first-order chi connectivity index (χ1) is 16.4. The summed E-state index contributed by atoms with van der Waals surface area (Å²) in [6.45, 7) is 4.22. The lowest BCUT2D eigenvalue weighted by atomic mass is 10.1. The molecule has 4 aromatic rings. The van der Waals surface area contributed by atoms with E-state index in [1.165, 1.54) is 20.5 Å². The van der Waals surface area contributed by atoms with Crippen LogP contribution in [0.1, 0.15) is 31.0 Å². The molecule has 0 amide bonds. The van der Waals surface area contributed by atoms with Crippen LogP contribution in [-0.4, -0.2) is 45.0 Å². The van der Waals surface area contributed by atoms with Crippen molar-refractivity contribution in [2.24, 2.45) is 0 Å². The molecule has 0 saturated carbocycles. The number of Topliss-reactive ketones (excluding diaryl/α,β-unsaturated/α-hetero) is 1. The topological polar surface area (TPSA) is 104 Å². The Morgan fingerprint density at radius 2 is 1.91 bits per heavy atom. The van der Waals surface area contributed by atoms with Crippen LogP contribution in [0, 0.1) is 5.82 Å². The number of nitrogens with one attached hydrogen (secondary N) is 1.